The van der Waals surface area contributed by atoms with Gasteiger partial charge in [0, 0.05) is 13.7 Å². The number of hydrogen-bond donors (Lipinski definition) is 2. The van der Waals surface area contributed by atoms with E-state index in [1.807, 2.05) is 25.1 Å². The lowest BCUT2D eigenvalue weighted by atomic mass is 10.2. The molecule has 0 aliphatic carbocycles. The number of methoxy groups -OCH3 is 1. The van der Waals surface area contributed by atoms with Crippen molar-refractivity contribution in [3.05, 3.63) is 28.8 Å². The van der Waals surface area contributed by atoms with Crippen LogP contribution in [0.2, 0.25) is 5.02 Å². The second-order valence-corrected chi connectivity index (χ2v) is 4.46. The van der Waals surface area contributed by atoms with Crippen LogP contribution in [0, 0.1) is 6.92 Å². The van der Waals surface area contributed by atoms with Crippen molar-refractivity contribution in [2.75, 3.05) is 25.6 Å². The highest BCUT2D eigenvalue weighted by Gasteiger charge is 2.13. The second-order valence-electron chi connectivity index (χ2n) is 4.09. The van der Waals surface area contributed by atoms with Crippen molar-refractivity contribution in [2.24, 2.45) is 0 Å². The summed E-state index contributed by atoms with van der Waals surface area (Å²) in [4.78, 5) is 11.7. The van der Waals surface area contributed by atoms with Crippen LogP contribution in [-0.2, 0) is 9.53 Å². The summed E-state index contributed by atoms with van der Waals surface area (Å²) in [6, 6.07) is 5.34. The number of amides is 1. The van der Waals surface area contributed by atoms with Crippen LogP contribution in [0.4, 0.5) is 5.69 Å². The maximum absolute atomic E-state index is 11.7. The molecule has 0 saturated heterocycles. The summed E-state index contributed by atoms with van der Waals surface area (Å²) in [6.45, 7) is 4.73. The Balaban J connectivity index is 2.56. The van der Waals surface area contributed by atoms with Crippen LogP contribution < -0.4 is 10.6 Å². The maximum Gasteiger partial charge on any atom is 0.242 e. The van der Waals surface area contributed by atoms with E-state index in [1.54, 1.807) is 14.0 Å². The van der Waals surface area contributed by atoms with Crippen molar-refractivity contribution in [1.82, 2.24) is 5.32 Å². The van der Waals surface area contributed by atoms with Gasteiger partial charge in [0.2, 0.25) is 5.91 Å². The second kappa shape index (κ2) is 7.24. The van der Waals surface area contributed by atoms with Crippen LogP contribution in [0.3, 0.4) is 0 Å². The molecule has 0 aliphatic heterocycles. The van der Waals surface area contributed by atoms with Crippen LogP contribution in [-0.4, -0.2) is 32.2 Å². The lowest BCUT2D eigenvalue weighted by Gasteiger charge is -2.16. The molecule has 0 radical (unpaired) electrons. The Labute approximate surface area is 113 Å². The number of anilines is 1. The molecule has 0 fully saturated rings. The fourth-order valence-corrected chi connectivity index (χ4v) is 1.67. The Bertz CT molecular complexity index is 410. The van der Waals surface area contributed by atoms with Crippen molar-refractivity contribution in [3.63, 3.8) is 0 Å². The average Bonchev–Trinajstić information content (AvgIpc) is 2.35. The van der Waals surface area contributed by atoms with Gasteiger partial charge in [-0.15, -0.1) is 0 Å². The standard InChI is InChI=1S/C13H19ClN2O2/c1-9-5-4-6-11(12(9)14)16-10(2)13(17)15-7-8-18-3/h4-6,10,16H,7-8H2,1-3H3,(H,15,17). The van der Waals surface area contributed by atoms with E-state index in [9.17, 15) is 4.79 Å². The van der Waals surface area contributed by atoms with E-state index in [2.05, 4.69) is 10.6 Å². The first-order valence-corrected chi connectivity index (χ1v) is 6.22. The zero-order valence-corrected chi connectivity index (χ0v) is 11.7. The minimum absolute atomic E-state index is 0.0791. The fourth-order valence-electron chi connectivity index (χ4n) is 1.49. The van der Waals surface area contributed by atoms with Crippen LogP contribution in [0.5, 0.6) is 0 Å². The lowest BCUT2D eigenvalue weighted by Crippen LogP contribution is -2.39. The van der Waals surface area contributed by atoms with Crippen molar-refractivity contribution < 1.29 is 9.53 Å². The van der Waals surface area contributed by atoms with Crippen LogP contribution >= 0.6 is 11.6 Å². The first-order chi connectivity index (χ1) is 8.56. The number of aryl methyl sites for hydroxylation is 1. The summed E-state index contributed by atoms with van der Waals surface area (Å²) >= 11 is 6.15. The Morgan fingerprint density at radius 1 is 1.50 bits per heavy atom. The third kappa shape index (κ3) is 4.20. The van der Waals surface area contributed by atoms with Crippen LogP contribution in [0.15, 0.2) is 18.2 Å². The highest BCUT2D eigenvalue weighted by atomic mass is 35.5. The number of nitrogens with one attached hydrogen (secondary N) is 2. The molecule has 1 amide bonds. The van der Waals surface area contributed by atoms with Gasteiger partial charge in [0.05, 0.1) is 17.3 Å². The number of carbonyl (C=O) groups is 1. The van der Waals surface area contributed by atoms with E-state index in [-0.39, 0.29) is 11.9 Å². The normalized spacial score (nSPS) is 12.0. The van der Waals surface area contributed by atoms with Gasteiger partial charge in [-0.3, -0.25) is 4.79 Å². The van der Waals surface area contributed by atoms with E-state index in [0.717, 1.165) is 11.3 Å². The molecule has 1 unspecified atom stereocenters. The van der Waals surface area contributed by atoms with Gasteiger partial charge in [0.25, 0.3) is 0 Å². The van der Waals surface area contributed by atoms with Gasteiger partial charge in [0.15, 0.2) is 0 Å². The first kappa shape index (κ1) is 14.8. The van der Waals surface area contributed by atoms with Gasteiger partial charge in [0.1, 0.15) is 6.04 Å². The third-order valence-electron chi connectivity index (χ3n) is 2.56. The smallest absolute Gasteiger partial charge is 0.242 e. The van der Waals surface area contributed by atoms with Crippen molar-refractivity contribution >= 4 is 23.2 Å². The largest absolute Gasteiger partial charge is 0.383 e. The molecule has 1 aromatic rings. The van der Waals surface area contributed by atoms with Gasteiger partial charge in [-0.2, -0.15) is 0 Å². The summed E-state index contributed by atoms with van der Waals surface area (Å²) < 4.78 is 4.87. The molecular weight excluding hydrogens is 252 g/mol. The predicted octanol–water partition coefficient (Wildman–Crippen LogP) is 2.21. The average molecular weight is 271 g/mol. The molecule has 0 aromatic heterocycles. The van der Waals surface area contributed by atoms with Gasteiger partial charge in [-0.1, -0.05) is 23.7 Å². The van der Waals surface area contributed by atoms with Crippen molar-refractivity contribution in [1.29, 1.82) is 0 Å². The fraction of sp³-hybridized carbons (Fsp3) is 0.462. The topological polar surface area (TPSA) is 50.4 Å². The van der Waals surface area contributed by atoms with Gasteiger partial charge in [-0.05, 0) is 25.5 Å². The summed E-state index contributed by atoms with van der Waals surface area (Å²) in [5.41, 5.74) is 1.75. The molecule has 4 nitrogen and oxygen atoms in total. The number of rotatable bonds is 6. The molecule has 1 atom stereocenters. The molecular formula is C13H19ClN2O2. The van der Waals surface area contributed by atoms with Crippen molar-refractivity contribution in [2.45, 2.75) is 19.9 Å². The van der Waals surface area contributed by atoms with Gasteiger partial charge in [-0.25, -0.2) is 0 Å². The van der Waals surface area contributed by atoms with E-state index in [4.69, 9.17) is 16.3 Å². The molecule has 1 aromatic carbocycles. The molecule has 0 heterocycles. The number of hydrogen-bond acceptors (Lipinski definition) is 3. The molecule has 100 valence electrons. The number of halogens is 1. The van der Waals surface area contributed by atoms with E-state index < -0.39 is 0 Å². The van der Waals surface area contributed by atoms with Crippen molar-refractivity contribution in [3.8, 4) is 0 Å². The molecule has 5 heteroatoms. The summed E-state index contributed by atoms with van der Waals surface area (Å²) in [7, 11) is 1.60. The summed E-state index contributed by atoms with van der Waals surface area (Å²) in [5.74, 6) is -0.0791. The van der Waals surface area contributed by atoms with E-state index in [1.165, 1.54) is 0 Å². The minimum Gasteiger partial charge on any atom is -0.383 e. The Morgan fingerprint density at radius 2 is 2.22 bits per heavy atom. The molecule has 18 heavy (non-hydrogen) atoms. The highest BCUT2D eigenvalue weighted by molar-refractivity contribution is 6.34. The van der Waals surface area contributed by atoms with Crippen LogP contribution in [0.25, 0.3) is 0 Å². The van der Waals surface area contributed by atoms with E-state index >= 15 is 0 Å². The third-order valence-corrected chi connectivity index (χ3v) is 3.06. The molecule has 0 bridgehead atoms. The van der Waals surface area contributed by atoms with Gasteiger partial charge < -0.3 is 15.4 Å². The molecule has 2 N–H and O–H groups in total. The number of ether oxygens (including phenoxy) is 1. The number of carbonyl (C=O) groups excluding carboxylic acids is 1. The lowest BCUT2D eigenvalue weighted by molar-refractivity contribution is -0.121. The summed E-state index contributed by atoms with van der Waals surface area (Å²) in [6.07, 6.45) is 0. The predicted molar refractivity (Wildman–Crippen MR) is 74.2 cm³/mol. The van der Waals surface area contributed by atoms with Gasteiger partial charge >= 0.3 is 0 Å². The quantitative estimate of drug-likeness (QED) is 0.780. The first-order valence-electron chi connectivity index (χ1n) is 5.84. The Morgan fingerprint density at radius 3 is 2.89 bits per heavy atom. The molecule has 0 saturated carbocycles. The summed E-state index contributed by atoms with van der Waals surface area (Å²) in [5, 5.41) is 6.51. The minimum atomic E-state index is -0.346. The van der Waals surface area contributed by atoms with E-state index in [0.29, 0.717) is 18.2 Å². The molecule has 0 aliphatic rings. The molecule has 0 spiro atoms. The Hall–Kier alpha value is -1.26. The SMILES string of the molecule is COCCNC(=O)C(C)Nc1cccc(C)c1Cl. The zero-order chi connectivity index (χ0) is 13.5. The van der Waals surface area contributed by atoms with Crippen LogP contribution in [0.1, 0.15) is 12.5 Å². The zero-order valence-electron chi connectivity index (χ0n) is 10.9. The number of benzene rings is 1. The Kier molecular flexibility index (Phi) is 5.95. The maximum atomic E-state index is 11.7. The highest BCUT2D eigenvalue weighted by Crippen LogP contribution is 2.25. The monoisotopic (exact) mass is 270 g/mol. The molecule has 1 rings (SSSR count).